The molecular weight excluding hydrogens is 156 g/mol. The van der Waals surface area contributed by atoms with Crippen LogP contribution in [0.5, 0.6) is 0 Å². The van der Waals surface area contributed by atoms with Crippen LogP contribution in [-0.4, -0.2) is 61.8 Å². The van der Waals surface area contributed by atoms with Gasteiger partial charge in [-0.1, -0.05) is 0 Å². The molecule has 0 aromatic rings. The van der Waals surface area contributed by atoms with E-state index >= 15 is 0 Å². The lowest BCUT2D eigenvalue weighted by atomic mass is 10.1. The Hall–Kier alpha value is -0.240. The summed E-state index contributed by atoms with van der Waals surface area (Å²) in [7, 11) is 0. The van der Waals surface area contributed by atoms with Crippen LogP contribution in [0.15, 0.2) is 0 Å². The van der Waals surface area contributed by atoms with E-state index in [1.54, 1.807) is 0 Å². The third-order valence-corrected chi connectivity index (χ3v) is 1.24. The van der Waals surface area contributed by atoms with Gasteiger partial charge in [0.1, 0.15) is 18.3 Å². The number of aliphatic hydroxyl groups excluding tert-OH is 5. The summed E-state index contributed by atoms with van der Waals surface area (Å²) in [6.07, 6.45) is -7.35. The first-order valence-electron chi connectivity index (χ1n) is 3.02. The standard InChI is InChI=1S/C5H12O6/c6-1-2(7)3(8)4(9)5(10)11/h2-11H,1H2/t2-,3+,4+/m0/s1. The van der Waals surface area contributed by atoms with Crippen LogP contribution in [0, 0.1) is 0 Å². The van der Waals surface area contributed by atoms with Crippen molar-refractivity contribution in [2.24, 2.45) is 0 Å². The molecule has 0 spiro atoms. The second kappa shape index (κ2) is 4.60. The SMILES string of the molecule is OC[C@H](O)[C@@H](O)[C@@H](O)C(O)O. The molecule has 6 N–H and O–H groups in total. The Kier molecular flexibility index (Phi) is 4.50. The summed E-state index contributed by atoms with van der Waals surface area (Å²) >= 11 is 0. The van der Waals surface area contributed by atoms with Gasteiger partial charge in [0.15, 0.2) is 6.29 Å². The van der Waals surface area contributed by atoms with Gasteiger partial charge in [0.25, 0.3) is 0 Å². The molecule has 0 heterocycles. The molecule has 6 heteroatoms. The van der Waals surface area contributed by atoms with E-state index in [0.717, 1.165) is 0 Å². The maximum absolute atomic E-state index is 8.78. The minimum atomic E-state index is -2.13. The van der Waals surface area contributed by atoms with Gasteiger partial charge in [-0.2, -0.15) is 0 Å². The maximum Gasteiger partial charge on any atom is 0.180 e. The van der Waals surface area contributed by atoms with Crippen LogP contribution in [0.3, 0.4) is 0 Å². The normalized spacial score (nSPS) is 19.9. The fraction of sp³-hybridized carbons (Fsp3) is 1.00. The Morgan fingerprint density at radius 2 is 1.27 bits per heavy atom. The fourth-order valence-corrected chi connectivity index (χ4v) is 0.512. The second-order valence-corrected chi connectivity index (χ2v) is 2.14. The van der Waals surface area contributed by atoms with E-state index in [2.05, 4.69) is 0 Å². The largest absolute Gasteiger partial charge is 0.394 e. The molecule has 0 fully saturated rings. The highest BCUT2D eigenvalue weighted by Gasteiger charge is 2.28. The van der Waals surface area contributed by atoms with E-state index in [0.29, 0.717) is 0 Å². The summed E-state index contributed by atoms with van der Waals surface area (Å²) in [4.78, 5) is 0. The Balaban J connectivity index is 3.90. The Morgan fingerprint density at radius 1 is 0.818 bits per heavy atom. The van der Waals surface area contributed by atoms with Crippen LogP contribution in [0.25, 0.3) is 0 Å². The molecule has 0 amide bonds. The van der Waals surface area contributed by atoms with Crippen molar-refractivity contribution < 1.29 is 30.6 Å². The number of hydrogen-bond donors (Lipinski definition) is 6. The van der Waals surface area contributed by atoms with Gasteiger partial charge in [-0.3, -0.25) is 0 Å². The van der Waals surface area contributed by atoms with Crippen LogP contribution < -0.4 is 0 Å². The molecule has 0 aliphatic heterocycles. The molecule has 0 aliphatic carbocycles. The van der Waals surface area contributed by atoms with Gasteiger partial charge >= 0.3 is 0 Å². The van der Waals surface area contributed by atoms with Crippen molar-refractivity contribution in [3.63, 3.8) is 0 Å². The molecule has 11 heavy (non-hydrogen) atoms. The lowest BCUT2D eigenvalue weighted by Crippen LogP contribution is -2.45. The predicted octanol–water partition coefficient (Wildman–Crippen LogP) is -3.63. The first-order chi connectivity index (χ1) is 5.00. The molecule has 0 radical (unpaired) electrons. The second-order valence-electron chi connectivity index (χ2n) is 2.14. The number of hydrogen-bond acceptors (Lipinski definition) is 6. The molecule has 0 aromatic carbocycles. The summed E-state index contributed by atoms with van der Waals surface area (Å²) in [5, 5.41) is 50.9. The van der Waals surface area contributed by atoms with Gasteiger partial charge in [-0.05, 0) is 0 Å². The van der Waals surface area contributed by atoms with Crippen LogP contribution >= 0.6 is 0 Å². The van der Waals surface area contributed by atoms with Gasteiger partial charge < -0.3 is 30.6 Å². The molecule has 0 saturated carbocycles. The van der Waals surface area contributed by atoms with Gasteiger partial charge in [0.2, 0.25) is 0 Å². The average molecular weight is 168 g/mol. The van der Waals surface area contributed by atoms with E-state index in [9.17, 15) is 0 Å². The summed E-state index contributed by atoms with van der Waals surface area (Å²) in [6.45, 7) is -0.759. The molecule has 0 aromatic heterocycles. The third-order valence-electron chi connectivity index (χ3n) is 1.24. The molecule has 0 saturated heterocycles. The van der Waals surface area contributed by atoms with Crippen molar-refractivity contribution in [2.45, 2.75) is 24.6 Å². The summed E-state index contributed by atoms with van der Waals surface area (Å²) in [6, 6.07) is 0. The Bertz CT molecular complexity index is 105. The zero-order chi connectivity index (χ0) is 9.02. The first kappa shape index (κ1) is 10.8. The van der Waals surface area contributed by atoms with Crippen molar-refractivity contribution in [1.29, 1.82) is 0 Å². The van der Waals surface area contributed by atoms with Crippen molar-refractivity contribution in [2.75, 3.05) is 6.61 Å². The van der Waals surface area contributed by atoms with Crippen molar-refractivity contribution in [3.8, 4) is 0 Å². The Labute approximate surface area is 63.0 Å². The maximum atomic E-state index is 8.78. The highest BCUT2D eigenvalue weighted by molar-refractivity contribution is 4.75. The van der Waals surface area contributed by atoms with E-state index in [-0.39, 0.29) is 0 Å². The zero-order valence-electron chi connectivity index (χ0n) is 5.70. The van der Waals surface area contributed by atoms with Crippen molar-refractivity contribution in [1.82, 2.24) is 0 Å². The summed E-state index contributed by atoms with van der Waals surface area (Å²) in [5.74, 6) is 0. The lowest BCUT2D eigenvalue weighted by Gasteiger charge is -2.22. The summed E-state index contributed by atoms with van der Waals surface area (Å²) < 4.78 is 0. The molecule has 0 bridgehead atoms. The highest BCUT2D eigenvalue weighted by Crippen LogP contribution is 2.02. The predicted molar refractivity (Wildman–Crippen MR) is 33.3 cm³/mol. The highest BCUT2D eigenvalue weighted by atomic mass is 16.5. The quantitative estimate of drug-likeness (QED) is 0.241. The van der Waals surface area contributed by atoms with Crippen LogP contribution in [-0.2, 0) is 0 Å². The fourth-order valence-electron chi connectivity index (χ4n) is 0.512. The molecule has 0 aliphatic rings. The van der Waals surface area contributed by atoms with E-state index in [1.165, 1.54) is 0 Å². The van der Waals surface area contributed by atoms with Gasteiger partial charge in [0.05, 0.1) is 6.61 Å². The number of rotatable bonds is 4. The monoisotopic (exact) mass is 168 g/mol. The average Bonchev–Trinajstić information content (AvgIpc) is 2.00. The molecular formula is C5H12O6. The lowest BCUT2D eigenvalue weighted by molar-refractivity contribution is -0.180. The molecule has 0 unspecified atom stereocenters. The Morgan fingerprint density at radius 3 is 1.55 bits per heavy atom. The first-order valence-corrected chi connectivity index (χ1v) is 3.02. The van der Waals surface area contributed by atoms with Crippen molar-refractivity contribution in [3.05, 3.63) is 0 Å². The molecule has 6 nitrogen and oxygen atoms in total. The van der Waals surface area contributed by atoms with E-state index < -0.39 is 31.2 Å². The van der Waals surface area contributed by atoms with E-state index in [4.69, 9.17) is 30.6 Å². The zero-order valence-corrected chi connectivity index (χ0v) is 5.70. The molecule has 3 atom stereocenters. The van der Waals surface area contributed by atoms with Crippen LogP contribution in [0.2, 0.25) is 0 Å². The van der Waals surface area contributed by atoms with Gasteiger partial charge in [0, 0.05) is 0 Å². The molecule has 68 valence electrons. The smallest absolute Gasteiger partial charge is 0.180 e. The van der Waals surface area contributed by atoms with Crippen LogP contribution in [0.4, 0.5) is 0 Å². The number of aliphatic hydroxyl groups is 6. The third kappa shape index (κ3) is 3.10. The van der Waals surface area contributed by atoms with Gasteiger partial charge in [-0.25, -0.2) is 0 Å². The minimum Gasteiger partial charge on any atom is -0.394 e. The van der Waals surface area contributed by atoms with Crippen LogP contribution in [0.1, 0.15) is 0 Å². The molecule has 0 rings (SSSR count). The topological polar surface area (TPSA) is 121 Å². The minimum absolute atomic E-state index is 0.759. The van der Waals surface area contributed by atoms with Crippen molar-refractivity contribution >= 4 is 0 Å². The van der Waals surface area contributed by atoms with E-state index in [1.807, 2.05) is 0 Å². The summed E-state index contributed by atoms with van der Waals surface area (Å²) in [5.41, 5.74) is 0. The van der Waals surface area contributed by atoms with Gasteiger partial charge in [-0.15, -0.1) is 0 Å².